The summed E-state index contributed by atoms with van der Waals surface area (Å²) in [5.41, 5.74) is 6.35. The van der Waals surface area contributed by atoms with E-state index in [9.17, 15) is 5.11 Å². The maximum absolute atomic E-state index is 10.2. The Bertz CT molecular complexity index is 808. The monoisotopic (exact) mass is 313 g/mol. The maximum atomic E-state index is 10.2. The fourth-order valence-electron chi connectivity index (χ4n) is 2.37. The fraction of sp³-hybridized carbons (Fsp3) is 0.118. The molecule has 22 heavy (non-hydrogen) atoms. The molecular formula is C17H16ClN3O. The Morgan fingerprint density at radius 2 is 1.91 bits per heavy atom. The van der Waals surface area contributed by atoms with Gasteiger partial charge in [-0.25, -0.2) is 0 Å². The van der Waals surface area contributed by atoms with Crippen molar-refractivity contribution in [2.75, 3.05) is 0 Å². The van der Waals surface area contributed by atoms with E-state index in [-0.39, 0.29) is 0 Å². The van der Waals surface area contributed by atoms with Crippen LogP contribution in [0.2, 0.25) is 5.02 Å². The fourth-order valence-corrected chi connectivity index (χ4v) is 2.50. The molecule has 0 spiro atoms. The van der Waals surface area contributed by atoms with E-state index in [4.69, 9.17) is 11.6 Å². The lowest BCUT2D eigenvalue weighted by atomic mass is 10.1. The van der Waals surface area contributed by atoms with Crippen LogP contribution in [-0.2, 0) is 0 Å². The van der Waals surface area contributed by atoms with Gasteiger partial charge in [0.05, 0.1) is 11.9 Å². The van der Waals surface area contributed by atoms with E-state index in [2.05, 4.69) is 15.5 Å². The smallest absolute Gasteiger partial charge is 0.181 e. The number of para-hydroxylation sites is 1. The molecule has 1 heterocycles. The van der Waals surface area contributed by atoms with Gasteiger partial charge in [0.25, 0.3) is 0 Å². The summed E-state index contributed by atoms with van der Waals surface area (Å²) in [5.74, 6) is 0. The second-order valence-corrected chi connectivity index (χ2v) is 5.49. The van der Waals surface area contributed by atoms with Crippen LogP contribution in [0.25, 0.3) is 10.9 Å². The summed E-state index contributed by atoms with van der Waals surface area (Å²) in [7, 11) is 0. The molecule has 1 atom stereocenters. The highest BCUT2D eigenvalue weighted by Crippen LogP contribution is 2.24. The van der Waals surface area contributed by atoms with Crippen LogP contribution in [0.5, 0.6) is 0 Å². The molecule has 0 aliphatic rings. The number of nitrogens with zero attached hydrogens (tertiary/aromatic N) is 1. The van der Waals surface area contributed by atoms with Gasteiger partial charge in [0.15, 0.2) is 6.23 Å². The molecule has 0 saturated heterocycles. The Morgan fingerprint density at radius 3 is 2.64 bits per heavy atom. The second kappa shape index (κ2) is 6.22. The van der Waals surface area contributed by atoms with Crippen molar-refractivity contribution in [2.45, 2.75) is 13.2 Å². The summed E-state index contributed by atoms with van der Waals surface area (Å²) >= 11 is 5.83. The lowest BCUT2D eigenvalue weighted by molar-refractivity contribution is 0.137. The van der Waals surface area contributed by atoms with Gasteiger partial charge in [-0.1, -0.05) is 41.9 Å². The molecule has 4 nitrogen and oxygen atoms in total. The molecule has 0 aliphatic heterocycles. The number of hydrogen-bond acceptors (Lipinski definition) is 3. The molecule has 2 aromatic carbocycles. The normalized spacial score (nSPS) is 12.9. The number of aliphatic hydroxyl groups excluding tert-OH is 1. The third kappa shape index (κ3) is 2.98. The minimum absolute atomic E-state index is 0.679. The number of aromatic amines is 1. The first-order valence-electron chi connectivity index (χ1n) is 6.94. The van der Waals surface area contributed by atoms with Gasteiger partial charge in [-0.2, -0.15) is 5.10 Å². The number of hydrogen-bond donors (Lipinski definition) is 3. The zero-order chi connectivity index (χ0) is 15.5. The van der Waals surface area contributed by atoms with Crippen LogP contribution in [0.3, 0.4) is 0 Å². The van der Waals surface area contributed by atoms with Gasteiger partial charge < -0.3 is 10.1 Å². The largest absolute Gasteiger partial charge is 0.367 e. The number of aromatic nitrogens is 1. The molecule has 3 aromatic rings. The lowest BCUT2D eigenvalue weighted by Crippen LogP contribution is -2.16. The zero-order valence-electron chi connectivity index (χ0n) is 12.0. The van der Waals surface area contributed by atoms with Gasteiger partial charge in [0, 0.05) is 15.9 Å². The van der Waals surface area contributed by atoms with Crippen LogP contribution in [0.4, 0.5) is 0 Å². The van der Waals surface area contributed by atoms with Crippen molar-refractivity contribution in [3.63, 3.8) is 0 Å². The van der Waals surface area contributed by atoms with Crippen molar-refractivity contribution in [2.24, 2.45) is 5.10 Å². The highest BCUT2D eigenvalue weighted by Gasteiger charge is 2.14. The van der Waals surface area contributed by atoms with Crippen LogP contribution in [0, 0.1) is 6.92 Å². The van der Waals surface area contributed by atoms with Crippen molar-refractivity contribution in [1.82, 2.24) is 10.4 Å². The number of rotatable bonds is 4. The Labute approximate surface area is 133 Å². The quantitative estimate of drug-likeness (QED) is 0.390. The number of nitrogens with one attached hydrogen (secondary N) is 2. The van der Waals surface area contributed by atoms with E-state index in [0.29, 0.717) is 5.02 Å². The Kier molecular flexibility index (Phi) is 4.13. The molecule has 0 fully saturated rings. The molecule has 1 unspecified atom stereocenters. The first kappa shape index (κ1) is 14.6. The summed E-state index contributed by atoms with van der Waals surface area (Å²) in [4.78, 5) is 3.22. The highest BCUT2D eigenvalue weighted by atomic mass is 35.5. The average molecular weight is 314 g/mol. The van der Waals surface area contributed by atoms with Crippen molar-refractivity contribution in [3.05, 3.63) is 70.4 Å². The number of H-pyrrole nitrogens is 1. The number of hydrazone groups is 1. The van der Waals surface area contributed by atoms with Crippen LogP contribution in [0.1, 0.15) is 23.0 Å². The SMILES string of the molecule is Cc1c(C(O)N/N=C/c2ccc(Cl)cc2)[nH]c2ccccc12. The van der Waals surface area contributed by atoms with Gasteiger partial charge in [-0.05, 0) is 36.2 Å². The van der Waals surface area contributed by atoms with Crippen molar-refractivity contribution in [3.8, 4) is 0 Å². The summed E-state index contributed by atoms with van der Waals surface area (Å²) in [5, 5.41) is 16.1. The highest BCUT2D eigenvalue weighted by molar-refractivity contribution is 6.30. The lowest BCUT2D eigenvalue weighted by Gasteiger charge is -2.09. The molecule has 3 N–H and O–H groups in total. The number of aryl methyl sites for hydroxylation is 1. The van der Waals surface area contributed by atoms with Gasteiger partial charge in [-0.3, -0.25) is 5.43 Å². The number of halogens is 1. The van der Waals surface area contributed by atoms with E-state index in [1.807, 2.05) is 43.3 Å². The minimum atomic E-state index is -0.893. The second-order valence-electron chi connectivity index (χ2n) is 5.05. The van der Waals surface area contributed by atoms with Gasteiger partial charge >= 0.3 is 0 Å². The van der Waals surface area contributed by atoms with Crippen LogP contribution >= 0.6 is 11.6 Å². The average Bonchev–Trinajstić information content (AvgIpc) is 2.87. The Morgan fingerprint density at radius 1 is 1.18 bits per heavy atom. The first-order chi connectivity index (χ1) is 10.6. The molecule has 1 aromatic heterocycles. The van der Waals surface area contributed by atoms with Gasteiger partial charge in [0.1, 0.15) is 0 Å². The predicted octanol–water partition coefficient (Wildman–Crippen LogP) is 3.74. The van der Waals surface area contributed by atoms with Crippen molar-refractivity contribution in [1.29, 1.82) is 0 Å². The van der Waals surface area contributed by atoms with E-state index in [1.165, 1.54) is 0 Å². The summed E-state index contributed by atoms with van der Waals surface area (Å²) < 4.78 is 0. The molecule has 112 valence electrons. The topological polar surface area (TPSA) is 60.4 Å². The summed E-state index contributed by atoms with van der Waals surface area (Å²) in [6.45, 7) is 1.97. The zero-order valence-corrected chi connectivity index (χ0v) is 12.8. The minimum Gasteiger partial charge on any atom is -0.367 e. The summed E-state index contributed by atoms with van der Waals surface area (Å²) in [6.07, 6.45) is 0.744. The van der Waals surface area contributed by atoms with E-state index < -0.39 is 6.23 Å². The van der Waals surface area contributed by atoms with E-state index in [0.717, 1.165) is 27.7 Å². The van der Waals surface area contributed by atoms with Crippen LogP contribution in [-0.4, -0.2) is 16.3 Å². The molecule has 0 amide bonds. The first-order valence-corrected chi connectivity index (χ1v) is 7.32. The molecule has 0 saturated carbocycles. The molecule has 0 bridgehead atoms. The molecular weight excluding hydrogens is 298 g/mol. The molecule has 0 aliphatic carbocycles. The maximum Gasteiger partial charge on any atom is 0.181 e. The number of fused-ring (bicyclic) bond motifs is 1. The molecule has 5 heteroatoms. The van der Waals surface area contributed by atoms with Crippen LogP contribution < -0.4 is 5.43 Å². The number of benzene rings is 2. The van der Waals surface area contributed by atoms with Crippen molar-refractivity contribution >= 4 is 28.7 Å². The third-order valence-corrected chi connectivity index (χ3v) is 3.81. The van der Waals surface area contributed by atoms with Crippen LogP contribution in [0.15, 0.2) is 53.6 Å². The standard InChI is InChI=1S/C17H16ClN3O/c1-11-14-4-2-3-5-15(14)20-16(11)17(22)21-19-10-12-6-8-13(18)9-7-12/h2-10,17,20-22H,1H3/b19-10+. The van der Waals surface area contributed by atoms with Crippen molar-refractivity contribution < 1.29 is 5.11 Å². The van der Waals surface area contributed by atoms with E-state index >= 15 is 0 Å². The third-order valence-electron chi connectivity index (χ3n) is 3.56. The predicted molar refractivity (Wildman–Crippen MR) is 90.2 cm³/mol. The molecule has 0 radical (unpaired) electrons. The Balaban J connectivity index is 1.74. The number of aliphatic hydroxyl groups is 1. The summed E-state index contributed by atoms with van der Waals surface area (Å²) in [6, 6.07) is 15.2. The van der Waals surface area contributed by atoms with Gasteiger partial charge in [-0.15, -0.1) is 0 Å². The van der Waals surface area contributed by atoms with E-state index in [1.54, 1.807) is 18.3 Å². The van der Waals surface area contributed by atoms with Gasteiger partial charge in [0.2, 0.25) is 0 Å². The molecule has 3 rings (SSSR count). The Hall–Kier alpha value is -2.30.